The van der Waals surface area contributed by atoms with Crippen molar-refractivity contribution < 1.29 is 13.9 Å². The summed E-state index contributed by atoms with van der Waals surface area (Å²) in [5.74, 6) is 0.499. The number of carbonyl (C=O) groups excluding carboxylic acids is 1. The van der Waals surface area contributed by atoms with E-state index in [1.807, 2.05) is 26.8 Å². The number of fused-ring (bicyclic) bond motifs is 1. The third kappa shape index (κ3) is 3.26. The molecule has 0 aliphatic heterocycles. The highest BCUT2D eigenvalue weighted by Crippen LogP contribution is 2.37. The first-order valence-electron chi connectivity index (χ1n) is 7.96. The van der Waals surface area contributed by atoms with E-state index in [9.17, 15) is 4.79 Å². The lowest BCUT2D eigenvalue weighted by molar-refractivity contribution is -0.111. The van der Waals surface area contributed by atoms with Gasteiger partial charge < -0.3 is 14.5 Å². The van der Waals surface area contributed by atoms with Crippen LogP contribution in [-0.4, -0.2) is 18.0 Å². The molecule has 0 aliphatic rings. The van der Waals surface area contributed by atoms with Gasteiger partial charge in [0.25, 0.3) is 0 Å². The van der Waals surface area contributed by atoms with E-state index in [2.05, 4.69) is 10.3 Å². The predicted molar refractivity (Wildman–Crippen MR) is 98.8 cm³/mol. The molecule has 0 saturated heterocycles. The van der Waals surface area contributed by atoms with Crippen molar-refractivity contribution in [3.63, 3.8) is 0 Å². The molecule has 0 spiro atoms. The second-order valence-corrected chi connectivity index (χ2v) is 5.94. The van der Waals surface area contributed by atoms with Crippen molar-refractivity contribution in [3.05, 3.63) is 59.6 Å². The van der Waals surface area contributed by atoms with Gasteiger partial charge in [-0.2, -0.15) is 0 Å². The number of aryl methyl sites for hydroxylation is 2. The molecule has 3 aromatic rings. The molecule has 0 bridgehead atoms. The molecule has 0 unspecified atom stereocenters. The Morgan fingerprint density at radius 3 is 2.84 bits per heavy atom. The Morgan fingerprint density at radius 2 is 2.16 bits per heavy atom. The van der Waals surface area contributed by atoms with Gasteiger partial charge in [-0.3, -0.25) is 9.78 Å². The first-order chi connectivity index (χ1) is 12.0. The molecule has 5 heteroatoms. The number of hydrogen-bond acceptors (Lipinski definition) is 4. The van der Waals surface area contributed by atoms with Crippen molar-refractivity contribution in [2.75, 3.05) is 12.4 Å². The van der Waals surface area contributed by atoms with Crippen molar-refractivity contribution in [1.82, 2.24) is 4.98 Å². The minimum Gasteiger partial charge on any atom is -0.496 e. The van der Waals surface area contributed by atoms with Gasteiger partial charge >= 0.3 is 0 Å². The Bertz CT molecular complexity index is 956. The van der Waals surface area contributed by atoms with Crippen LogP contribution in [0.4, 0.5) is 5.69 Å². The monoisotopic (exact) mass is 336 g/mol. The molecule has 25 heavy (non-hydrogen) atoms. The largest absolute Gasteiger partial charge is 0.496 e. The topological polar surface area (TPSA) is 64.4 Å². The van der Waals surface area contributed by atoms with Crippen molar-refractivity contribution >= 4 is 28.1 Å². The summed E-state index contributed by atoms with van der Waals surface area (Å²) in [5.41, 5.74) is 5.12. The van der Waals surface area contributed by atoms with Gasteiger partial charge in [0.05, 0.1) is 25.3 Å². The average molecular weight is 336 g/mol. The van der Waals surface area contributed by atoms with Gasteiger partial charge in [-0.05, 0) is 50.1 Å². The van der Waals surface area contributed by atoms with E-state index in [4.69, 9.17) is 9.15 Å². The predicted octanol–water partition coefficient (Wildman–Crippen LogP) is 4.50. The second kappa shape index (κ2) is 6.81. The highest BCUT2D eigenvalue weighted by Gasteiger charge is 2.16. The SMILES string of the molecule is COc1c(/C(C)=C/C(=O)Nc2cccnc2)cc2c(C)coc2c1C. The van der Waals surface area contributed by atoms with Crippen molar-refractivity contribution in [2.45, 2.75) is 20.8 Å². The maximum Gasteiger partial charge on any atom is 0.248 e. The molecular formula is C20H20N2O3. The first-order valence-corrected chi connectivity index (χ1v) is 7.96. The Hall–Kier alpha value is -3.08. The van der Waals surface area contributed by atoms with Gasteiger partial charge in [-0.25, -0.2) is 0 Å². The molecule has 0 aliphatic carbocycles. The van der Waals surface area contributed by atoms with Gasteiger partial charge in [-0.15, -0.1) is 0 Å². The number of benzene rings is 1. The van der Waals surface area contributed by atoms with Gasteiger partial charge in [0.1, 0.15) is 11.3 Å². The summed E-state index contributed by atoms with van der Waals surface area (Å²) in [7, 11) is 1.62. The van der Waals surface area contributed by atoms with E-state index in [1.54, 1.807) is 44.0 Å². The molecule has 2 aromatic heterocycles. The van der Waals surface area contributed by atoms with E-state index in [0.717, 1.165) is 33.2 Å². The lowest BCUT2D eigenvalue weighted by Gasteiger charge is -2.13. The number of anilines is 1. The van der Waals surface area contributed by atoms with Crippen LogP contribution >= 0.6 is 0 Å². The molecule has 1 N–H and O–H groups in total. The number of methoxy groups -OCH3 is 1. The molecule has 0 radical (unpaired) electrons. The second-order valence-electron chi connectivity index (χ2n) is 5.94. The Labute approximate surface area is 146 Å². The molecule has 1 aromatic carbocycles. The first kappa shape index (κ1) is 16.8. The quantitative estimate of drug-likeness (QED) is 0.713. The van der Waals surface area contributed by atoms with Crippen LogP contribution in [0.2, 0.25) is 0 Å². The number of carbonyl (C=O) groups is 1. The average Bonchev–Trinajstić information content (AvgIpc) is 2.97. The van der Waals surface area contributed by atoms with Crippen LogP contribution in [0.5, 0.6) is 5.75 Å². The maximum absolute atomic E-state index is 12.3. The molecule has 1 amide bonds. The molecular weight excluding hydrogens is 316 g/mol. The number of amides is 1. The van der Waals surface area contributed by atoms with E-state index in [1.165, 1.54) is 0 Å². The zero-order chi connectivity index (χ0) is 18.0. The summed E-state index contributed by atoms with van der Waals surface area (Å²) >= 11 is 0. The van der Waals surface area contributed by atoms with Crippen LogP contribution in [-0.2, 0) is 4.79 Å². The van der Waals surface area contributed by atoms with Crippen LogP contribution in [0.3, 0.4) is 0 Å². The van der Waals surface area contributed by atoms with E-state index < -0.39 is 0 Å². The number of aromatic nitrogens is 1. The van der Waals surface area contributed by atoms with Gasteiger partial charge in [0.15, 0.2) is 0 Å². The van der Waals surface area contributed by atoms with Crippen molar-refractivity contribution in [3.8, 4) is 5.75 Å². The lowest BCUT2D eigenvalue weighted by atomic mass is 9.98. The van der Waals surface area contributed by atoms with Gasteiger partial charge in [-0.1, -0.05) is 0 Å². The van der Waals surface area contributed by atoms with E-state index >= 15 is 0 Å². The number of hydrogen-bond donors (Lipinski definition) is 1. The molecule has 0 saturated carbocycles. The van der Waals surface area contributed by atoms with Crippen LogP contribution in [0.25, 0.3) is 16.5 Å². The summed E-state index contributed by atoms with van der Waals surface area (Å²) in [6.07, 6.45) is 6.56. The number of pyridine rings is 1. The number of nitrogens with zero attached hydrogens (tertiary/aromatic N) is 1. The summed E-state index contributed by atoms with van der Waals surface area (Å²) in [4.78, 5) is 16.3. The fourth-order valence-electron chi connectivity index (χ4n) is 2.88. The summed E-state index contributed by atoms with van der Waals surface area (Å²) < 4.78 is 11.2. The van der Waals surface area contributed by atoms with Gasteiger partial charge in [0, 0.05) is 28.8 Å². The summed E-state index contributed by atoms with van der Waals surface area (Å²) in [6.45, 7) is 5.84. The normalized spacial score (nSPS) is 11.6. The standard InChI is InChI=1S/C20H20N2O3/c1-12(8-18(23)22-15-6-5-7-21-10-15)16-9-17-13(2)11-25-20(17)14(3)19(16)24-4/h5-11H,1-4H3,(H,22,23)/b12-8+. The Kier molecular flexibility index (Phi) is 4.57. The fraction of sp³-hybridized carbons (Fsp3) is 0.200. The van der Waals surface area contributed by atoms with E-state index in [0.29, 0.717) is 11.4 Å². The van der Waals surface area contributed by atoms with E-state index in [-0.39, 0.29) is 5.91 Å². The zero-order valence-corrected chi connectivity index (χ0v) is 14.7. The number of ether oxygens (including phenoxy) is 1. The third-order valence-electron chi connectivity index (χ3n) is 4.14. The van der Waals surface area contributed by atoms with Crippen LogP contribution < -0.4 is 10.1 Å². The minimum absolute atomic E-state index is 0.214. The fourth-order valence-corrected chi connectivity index (χ4v) is 2.88. The molecule has 5 nitrogen and oxygen atoms in total. The highest BCUT2D eigenvalue weighted by molar-refractivity contribution is 6.04. The summed E-state index contributed by atoms with van der Waals surface area (Å²) in [5, 5.41) is 3.82. The number of nitrogens with one attached hydrogen (secondary N) is 1. The highest BCUT2D eigenvalue weighted by atomic mass is 16.5. The smallest absolute Gasteiger partial charge is 0.248 e. The number of rotatable bonds is 4. The number of furan rings is 1. The maximum atomic E-state index is 12.3. The molecule has 0 atom stereocenters. The lowest BCUT2D eigenvalue weighted by Crippen LogP contribution is -2.08. The van der Waals surface area contributed by atoms with Gasteiger partial charge in [0.2, 0.25) is 5.91 Å². The Morgan fingerprint density at radius 1 is 1.36 bits per heavy atom. The van der Waals surface area contributed by atoms with Crippen LogP contribution in [0, 0.1) is 13.8 Å². The molecule has 0 fully saturated rings. The number of allylic oxidation sites excluding steroid dienone is 1. The third-order valence-corrected chi connectivity index (χ3v) is 4.14. The molecule has 128 valence electrons. The Balaban J connectivity index is 1.99. The van der Waals surface area contributed by atoms with Crippen LogP contribution in [0.1, 0.15) is 23.6 Å². The molecule has 2 heterocycles. The van der Waals surface area contributed by atoms with Crippen molar-refractivity contribution in [2.24, 2.45) is 0 Å². The van der Waals surface area contributed by atoms with Crippen LogP contribution in [0.15, 0.2) is 47.3 Å². The zero-order valence-electron chi connectivity index (χ0n) is 14.7. The minimum atomic E-state index is -0.214. The summed E-state index contributed by atoms with van der Waals surface area (Å²) in [6, 6.07) is 5.57. The molecule has 3 rings (SSSR count). The van der Waals surface area contributed by atoms with Crippen molar-refractivity contribution in [1.29, 1.82) is 0 Å².